The summed E-state index contributed by atoms with van der Waals surface area (Å²) in [6, 6.07) is 9.97. The molecule has 7 nitrogen and oxygen atoms in total. The Labute approximate surface area is 205 Å². The van der Waals surface area contributed by atoms with Crippen LogP contribution in [0.2, 0.25) is 0 Å². The Balaban J connectivity index is 1.25. The number of nitrogens with one attached hydrogen (secondary N) is 4. The van der Waals surface area contributed by atoms with Crippen molar-refractivity contribution >= 4 is 23.2 Å². The molecule has 2 aromatic rings. The Hall–Kier alpha value is -3.02. The fourth-order valence-electron chi connectivity index (χ4n) is 5.40. The van der Waals surface area contributed by atoms with Gasteiger partial charge in [-0.1, -0.05) is 18.6 Å². The Bertz CT molecular complexity index is 1160. The summed E-state index contributed by atoms with van der Waals surface area (Å²) >= 11 is 0. The van der Waals surface area contributed by atoms with Crippen molar-refractivity contribution in [1.29, 1.82) is 0 Å². The van der Waals surface area contributed by atoms with Crippen molar-refractivity contribution in [2.45, 2.75) is 56.4 Å². The van der Waals surface area contributed by atoms with Gasteiger partial charge in [0.15, 0.2) is 0 Å². The lowest BCUT2D eigenvalue weighted by molar-refractivity contribution is -0.140. The molecule has 6 N–H and O–H groups in total. The van der Waals surface area contributed by atoms with Crippen molar-refractivity contribution < 1.29 is 27.2 Å². The van der Waals surface area contributed by atoms with E-state index in [9.17, 15) is 27.2 Å². The number of carbonyl (C=O) groups excluding carboxylic acids is 2. The second-order valence-electron chi connectivity index (χ2n) is 9.84. The van der Waals surface area contributed by atoms with Gasteiger partial charge in [0, 0.05) is 23.3 Å². The third-order valence-corrected chi connectivity index (χ3v) is 7.56. The maximum Gasteiger partial charge on any atom is 0.419 e. The summed E-state index contributed by atoms with van der Waals surface area (Å²) in [6.45, 7) is 0. The molecule has 4 atom stereocenters. The summed E-state index contributed by atoms with van der Waals surface area (Å²) in [6.07, 6.45) is -1.34. The lowest BCUT2D eigenvalue weighted by Crippen LogP contribution is -2.41. The van der Waals surface area contributed by atoms with Crippen molar-refractivity contribution in [3.8, 4) is 0 Å². The molecule has 2 aromatic carbocycles. The molecule has 4 unspecified atom stereocenters. The number of benzene rings is 2. The van der Waals surface area contributed by atoms with E-state index >= 15 is 0 Å². The van der Waals surface area contributed by atoms with E-state index in [1.165, 1.54) is 0 Å². The van der Waals surface area contributed by atoms with E-state index in [1.54, 1.807) is 12.1 Å². The van der Waals surface area contributed by atoms with Crippen LogP contribution >= 0.6 is 0 Å². The maximum absolute atomic E-state index is 13.5. The lowest BCUT2D eigenvalue weighted by Gasteiger charge is -2.34. The van der Waals surface area contributed by atoms with E-state index in [0.717, 1.165) is 30.9 Å². The molecule has 0 bridgehead atoms. The van der Waals surface area contributed by atoms with Crippen LogP contribution in [0.15, 0.2) is 42.5 Å². The van der Waals surface area contributed by atoms with Crippen LogP contribution in [0.3, 0.4) is 0 Å². The Kier molecular flexibility index (Phi) is 6.26. The van der Waals surface area contributed by atoms with Crippen LogP contribution in [0.4, 0.5) is 28.9 Å². The number of carbonyl (C=O) groups is 2. The predicted octanol–water partition coefficient (Wildman–Crippen LogP) is 3.85. The van der Waals surface area contributed by atoms with Gasteiger partial charge in [-0.05, 0) is 67.5 Å². The van der Waals surface area contributed by atoms with Gasteiger partial charge in [-0.3, -0.25) is 15.0 Å². The molecule has 2 amide bonds. The number of amides is 2. The number of halogens is 4. The van der Waals surface area contributed by atoms with Crippen LogP contribution in [0.5, 0.6) is 0 Å². The highest BCUT2D eigenvalue weighted by Gasteiger charge is 2.56. The fraction of sp³-hybridized carbons (Fsp3) is 0.440. The first-order valence-corrected chi connectivity index (χ1v) is 11.9. The van der Waals surface area contributed by atoms with Gasteiger partial charge in [0.2, 0.25) is 11.8 Å². The van der Waals surface area contributed by atoms with Gasteiger partial charge in [0.1, 0.15) is 11.2 Å². The topological polar surface area (TPSA) is 108 Å². The molecule has 5 rings (SSSR count). The molecule has 36 heavy (non-hydrogen) atoms. The zero-order valence-electron chi connectivity index (χ0n) is 19.3. The minimum Gasteiger partial charge on any atom is -0.325 e. The average molecular weight is 506 g/mol. The smallest absolute Gasteiger partial charge is 0.325 e. The number of nitrogens with two attached hydrogens (primary N) is 1. The molecule has 0 spiro atoms. The van der Waals surface area contributed by atoms with E-state index in [2.05, 4.69) is 21.5 Å². The van der Waals surface area contributed by atoms with E-state index in [0.29, 0.717) is 23.9 Å². The number of hydrogen-bond donors (Lipinski definition) is 5. The zero-order chi connectivity index (χ0) is 25.7. The Morgan fingerprint density at radius 3 is 2.22 bits per heavy atom. The van der Waals surface area contributed by atoms with E-state index in [-0.39, 0.29) is 36.5 Å². The maximum atomic E-state index is 13.5. The molecule has 1 saturated heterocycles. The molecule has 2 aliphatic carbocycles. The molecule has 0 aromatic heterocycles. The highest BCUT2D eigenvalue weighted by Crippen LogP contribution is 2.48. The van der Waals surface area contributed by atoms with Crippen molar-refractivity contribution in [3.63, 3.8) is 0 Å². The number of fused-ring (bicyclic) bond motifs is 1. The van der Waals surface area contributed by atoms with Gasteiger partial charge >= 0.3 is 6.18 Å². The number of anilines is 2. The number of hydrazine groups is 1. The van der Waals surface area contributed by atoms with E-state index in [1.807, 2.05) is 12.1 Å². The molecule has 2 saturated carbocycles. The fourth-order valence-corrected chi connectivity index (χ4v) is 5.40. The number of alkyl halides is 3. The Morgan fingerprint density at radius 2 is 1.58 bits per heavy atom. The quantitative estimate of drug-likeness (QED) is 0.314. The largest absolute Gasteiger partial charge is 0.419 e. The summed E-state index contributed by atoms with van der Waals surface area (Å²) < 4.78 is 52.5. The molecule has 3 fully saturated rings. The first kappa shape index (κ1) is 24.7. The second-order valence-corrected chi connectivity index (χ2v) is 9.84. The monoisotopic (exact) mass is 505 g/mol. The summed E-state index contributed by atoms with van der Waals surface area (Å²) in [7, 11) is 0. The first-order chi connectivity index (χ1) is 17.1. The zero-order valence-corrected chi connectivity index (χ0v) is 19.3. The average Bonchev–Trinajstić information content (AvgIpc) is 3.58. The molecule has 0 radical (unpaired) electrons. The molecule has 1 heterocycles. The van der Waals surface area contributed by atoms with Crippen LogP contribution < -0.4 is 27.2 Å². The van der Waals surface area contributed by atoms with Gasteiger partial charge in [-0.2, -0.15) is 13.2 Å². The second kappa shape index (κ2) is 9.13. The van der Waals surface area contributed by atoms with Crippen molar-refractivity contribution in [2.24, 2.45) is 17.1 Å². The van der Waals surface area contributed by atoms with Gasteiger partial charge < -0.3 is 16.4 Å². The lowest BCUT2D eigenvalue weighted by atomic mass is 9.72. The van der Waals surface area contributed by atoms with Gasteiger partial charge in [-0.15, -0.1) is 0 Å². The first-order valence-electron chi connectivity index (χ1n) is 11.9. The third kappa shape index (κ3) is 4.58. The van der Waals surface area contributed by atoms with Gasteiger partial charge in [-0.25, -0.2) is 9.82 Å². The molecule has 192 valence electrons. The van der Waals surface area contributed by atoms with Gasteiger partial charge in [0.25, 0.3) is 0 Å². The highest BCUT2D eigenvalue weighted by atomic mass is 19.4. The molecular weight excluding hydrogens is 478 g/mol. The van der Waals surface area contributed by atoms with Crippen molar-refractivity contribution in [1.82, 2.24) is 10.9 Å². The Morgan fingerprint density at radius 1 is 0.944 bits per heavy atom. The van der Waals surface area contributed by atoms with Crippen molar-refractivity contribution in [2.75, 3.05) is 10.6 Å². The van der Waals surface area contributed by atoms with E-state index < -0.39 is 34.8 Å². The SMILES string of the molecule is NC1NNC2CCCC(c3ccc(NC(=O)C4(C(=O)Nc5ccc(F)c(C(F)(F)F)c5)CC4)cc3)C12. The van der Waals surface area contributed by atoms with Gasteiger partial charge in [0.05, 0.1) is 11.7 Å². The van der Waals surface area contributed by atoms with Crippen LogP contribution in [-0.4, -0.2) is 24.0 Å². The summed E-state index contributed by atoms with van der Waals surface area (Å²) in [5.74, 6) is -2.14. The minimum absolute atomic E-state index is 0.138. The van der Waals surface area contributed by atoms with Crippen LogP contribution in [0.1, 0.15) is 49.1 Å². The highest BCUT2D eigenvalue weighted by molar-refractivity contribution is 6.16. The molecule has 1 aliphatic heterocycles. The van der Waals surface area contributed by atoms with Crippen LogP contribution in [-0.2, 0) is 15.8 Å². The standard InChI is InChI=1S/C25H27F4N5O2/c26-18-9-8-15(12-17(18)25(27,28)29)32-23(36)24(10-11-24)22(35)31-14-6-4-13(5-7-14)16-2-1-3-19-20(16)21(30)34-33-19/h4-9,12,16,19-21,33-34H,1-3,10-11,30H2,(H,31,35)(H,32,36). The normalized spacial score (nSPS) is 26.7. The minimum atomic E-state index is -4.90. The molecule has 11 heteroatoms. The molecule has 3 aliphatic rings. The summed E-state index contributed by atoms with van der Waals surface area (Å²) in [5, 5.41) is 5.09. The van der Waals surface area contributed by atoms with E-state index in [4.69, 9.17) is 5.73 Å². The number of hydrogen-bond acceptors (Lipinski definition) is 5. The summed E-state index contributed by atoms with van der Waals surface area (Å²) in [4.78, 5) is 25.7. The molecular formula is C25H27F4N5O2. The third-order valence-electron chi connectivity index (χ3n) is 7.56. The van der Waals surface area contributed by atoms with Crippen LogP contribution in [0.25, 0.3) is 0 Å². The van der Waals surface area contributed by atoms with Crippen LogP contribution in [0, 0.1) is 17.2 Å². The predicted molar refractivity (Wildman–Crippen MR) is 125 cm³/mol. The number of rotatable bonds is 5. The summed E-state index contributed by atoms with van der Waals surface area (Å²) in [5.41, 5.74) is 11.2. The van der Waals surface area contributed by atoms with Crippen molar-refractivity contribution in [3.05, 3.63) is 59.4 Å².